The minimum Gasteiger partial charge on any atom is -0.310 e. The molecule has 12 rings (SSSR count). The Morgan fingerprint density at radius 2 is 0.857 bits per heavy atom. The SMILES string of the molecule is CC1(C)c2ccccc2-c2cccc(-c3cccc(N(c4ccc5c(c4)C4(CCCC4)c4ccccc4-5)c4ccccc4-c4ccc(-c5ccccc5)c(-c5ccccc5)c4)c3)c21. The largest absolute Gasteiger partial charge is 0.310 e. The second-order valence-electron chi connectivity index (χ2n) is 18.4. The molecule has 3 aliphatic carbocycles. The molecule has 3 aliphatic rings. The third kappa shape index (κ3) is 5.90. The van der Waals surface area contributed by atoms with Crippen LogP contribution >= 0.6 is 0 Å². The molecule has 0 heterocycles. The summed E-state index contributed by atoms with van der Waals surface area (Å²) in [6.07, 6.45) is 4.91. The molecular formula is C62H49N. The van der Waals surface area contributed by atoms with Crippen LogP contribution in [-0.2, 0) is 10.8 Å². The van der Waals surface area contributed by atoms with Gasteiger partial charge in [-0.05, 0) is 133 Å². The highest BCUT2D eigenvalue weighted by atomic mass is 15.1. The summed E-state index contributed by atoms with van der Waals surface area (Å²) in [6, 6.07) is 79.5. The number of rotatable bonds is 7. The van der Waals surface area contributed by atoms with Crippen molar-refractivity contribution in [3.63, 3.8) is 0 Å². The van der Waals surface area contributed by atoms with E-state index in [0.717, 1.165) is 11.4 Å². The zero-order valence-corrected chi connectivity index (χ0v) is 36.0. The average Bonchev–Trinajstić information content (AvgIpc) is 4.02. The minimum atomic E-state index is -0.127. The van der Waals surface area contributed by atoms with Crippen molar-refractivity contribution in [2.24, 2.45) is 0 Å². The van der Waals surface area contributed by atoms with E-state index in [1.807, 2.05) is 0 Å². The molecule has 0 amide bonds. The molecule has 0 radical (unpaired) electrons. The predicted molar refractivity (Wildman–Crippen MR) is 265 cm³/mol. The molecule has 302 valence electrons. The van der Waals surface area contributed by atoms with E-state index in [0.29, 0.717) is 0 Å². The van der Waals surface area contributed by atoms with Crippen molar-refractivity contribution in [2.75, 3.05) is 4.90 Å². The molecule has 1 heteroatoms. The van der Waals surface area contributed by atoms with Gasteiger partial charge >= 0.3 is 0 Å². The van der Waals surface area contributed by atoms with Crippen LogP contribution in [0, 0.1) is 0 Å². The number of anilines is 3. The first-order valence-electron chi connectivity index (χ1n) is 22.7. The van der Waals surface area contributed by atoms with Gasteiger partial charge in [0, 0.05) is 27.8 Å². The van der Waals surface area contributed by atoms with Gasteiger partial charge < -0.3 is 4.90 Å². The second-order valence-corrected chi connectivity index (χ2v) is 18.4. The summed E-state index contributed by atoms with van der Waals surface area (Å²) < 4.78 is 0. The van der Waals surface area contributed by atoms with E-state index in [9.17, 15) is 0 Å². The van der Waals surface area contributed by atoms with Gasteiger partial charge in [-0.2, -0.15) is 0 Å². The quantitative estimate of drug-likeness (QED) is 0.155. The summed E-state index contributed by atoms with van der Waals surface area (Å²) in [4.78, 5) is 2.54. The third-order valence-electron chi connectivity index (χ3n) is 14.6. The highest BCUT2D eigenvalue weighted by molar-refractivity contribution is 5.95. The Morgan fingerprint density at radius 3 is 1.62 bits per heavy atom. The lowest BCUT2D eigenvalue weighted by molar-refractivity contribution is 0.550. The van der Waals surface area contributed by atoms with Crippen LogP contribution in [0.2, 0.25) is 0 Å². The standard InChI is InChI=1S/C62H49N/c1-61(2)56-30-12-9-27-52(56)54-29-18-28-50(60(54)61)44-23-17-24-46(39-44)63(47-34-36-53-51-26-10-13-31-57(51)62(58(53)41-47)37-15-16-38-62)59-32-14-11-25-49(59)45-33-35-48(42-19-5-3-6-20-42)55(40-45)43-21-7-4-8-22-43/h3-14,17-36,39-41H,15-16,37-38H2,1-2H3. The fourth-order valence-corrected chi connectivity index (χ4v) is 11.8. The molecule has 1 spiro atoms. The minimum absolute atomic E-state index is 0.0536. The Morgan fingerprint density at radius 1 is 0.333 bits per heavy atom. The van der Waals surface area contributed by atoms with E-state index in [-0.39, 0.29) is 10.8 Å². The highest BCUT2D eigenvalue weighted by Crippen LogP contribution is 2.58. The second kappa shape index (κ2) is 14.7. The predicted octanol–water partition coefficient (Wildman–Crippen LogP) is 17.0. The van der Waals surface area contributed by atoms with Gasteiger partial charge in [-0.1, -0.05) is 203 Å². The monoisotopic (exact) mass is 807 g/mol. The molecule has 1 fully saturated rings. The zero-order valence-electron chi connectivity index (χ0n) is 36.0. The third-order valence-corrected chi connectivity index (χ3v) is 14.6. The van der Waals surface area contributed by atoms with Crippen LogP contribution in [0.4, 0.5) is 17.1 Å². The fourth-order valence-electron chi connectivity index (χ4n) is 11.8. The molecule has 0 unspecified atom stereocenters. The first-order chi connectivity index (χ1) is 31.0. The Hall–Kier alpha value is -7.22. The maximum Gasteiger partial charge on any atom is 0.0540 e. The molecule has 1 saturated carbocycles. The topological polar surface area (TPSA) is 3.24 Å². The van der Waals surface area contributed by atoms with Gasteiger partial charge in [0.2, 0.25) is 0 Å². The average molecular weight is 808 g/mol. The number of nitrogens with zero attached hydrogens (tertiary/aromatic N) is 1. The summed E-state index contributed by atoms with van der Waals surface area (Å²) in [7, 11) is 0. The maximum absolute atomic E-state index is 2.55. The van der Waals surface area contributed by atoms with Gasteiger partial charge in [0.15, 0.2) is 0 Å². The van der Waals surface area contributed by atoms with Crippen LogP contribution in [-0.4, -0.2) is 0 Å². The lowest BCUT2D eigenvalue weighted by Gasteiger charge is -2.31. The van der Waals surface area contributed by atoms with Gasteiger partial charge in [0.05, 0.1) is 5.69 Å². The van der Waals surface area contributed by atoms with Crippen LogP contribution in [0.15, 0.2) is 212 Å². The molecule has 9 aromatic rings. The van der Waals surface area contributed by atoms with Gasteiger partial charge in [-0.3, -0.25) is 0 Å². The van der Waals surface area contributed by atoms with Crippen LogP contribution < -0.4 is 4.90 Å². The van der Waals surface area contributed by atoms with Crippen molar-refractivity contribution in [3.8, 4) is 66.8 Å². The molecule has 0 saturated heterocycles. The van der Waals surface area contributed by atoms with Crippen LogP contribution in [0.1, 0.15) is 61.8 Å². The van der Waals surface area contributed by atoms with Crippen molar-refractivity contribution >= 4 is 17.1 Å². The number of hydrogen-bond acceptors (Lipinski definition) is 1. The lowest BCUT2D eigenvalue weighted by atomic mass is 9.76. The normalized spacial score (nSPS) is 14.8. The molecule has 1 nitrogen and oxygen atoms in total. The van der Waals surface area contributed by atoms with Crippen LogP contribution in [0.5, 0.6) is 0 Å². The number of hydrogen-bond donors (Lipinski definition) is 0. The Bertz CT molecular complexity index is 3200. The van der Waals surface area contributed by atoms with E-state index < -0.39 is 0 Å². The van der Waals surface area contributed by atoms with Crippen molar-refractivity contribution in [1.29, 1.82) is 0 Å². The highest BCUT2D eigenvalue weighted by Gasteiger charge is 2.45. The fraction of sp³-hybridized carbons (Fsp3) is 0.129. The van der Waals surface area contributed by atoms with Gasteiger partial charge in [0.25, 0.3) is 0 Å². The summed E-state index contributed by atoms with van der Waals surface area (Å²) in [5.74, 6) is 0. The van der Waals surface area contributed by atoms with Crippen LogP contribution in [0.25, 0.3) is 66.8 Å². The molecule has 0 atom stereocenters. The van der Waals surface area contributed by atoms with Crippen molar-refractivity contribution < 1.29 is 0 Å². The summed E-state index contributed by atoms with van der Waals surface area (Å²) in [5.41, 5.74) is 24.5. The van der Waals surface area contributed by atoms with E-state index in [2.05, 4.69) is 231 Å². The van der Waals surface area contributed by atoms with Crippen LogP contribution in [0.3, 0.4) is 0 Å². The molecular weight excluding hydrogens is 759 g/mol. The van der Waals surface area contributed by atoms with E-state index in [4.69, 9.17) is 0 Å². The van der Waals surface area contributed by atoms with Gasteiger partial charge in [-0.25, -0.2) is 0 Å². The maximum atomic E-state index is 2.55. The van der Waals surface area contributed by atoms with Crippen molar-refractivity contribution in [1.82, 2.24) is 0 Å². The lowest BCUT2D eigenvalue weighted by Crippen LogP contribution is -2.21. The summed E-state index contributed by atoms with van der Waals surface area (Å²) >= 11 is 0. The van der Waals surface area contributed by atoms with E-state index in [1.165, 1.54) is 120 Å². The first-order valence-corrected chi connectivity index (χ1v) is 22.7. The van der Waals surface area contributed by atoms with Gasteiger partial charge in [0.1, 0.15) is 0 Å². The van der Waals surface area contributed by atoms with Gasteiger partial charge in [-0.15, -0.1) is 0 Å². The number of para-hydroxylation sites is 1. The molecule has 9 aromatic carbocycles. The smallest absolute Gasteiger partial charge is 0.0540 e. The molecule has 0 bridgehead atoms. The van der Waals surface area contributed by atoms with E-state index in [1.54, 1.807) is 0 Å². The summed E-state index contributed by atoms with van der Waals surface area (Å²) in [6.45, 7) is 4.78. The van der Waals surface area contributed by atoms with E-state index >= 15 is 0 Å². The first kappa shape index (κ1) is 37.5. The number of benzene rings is 9. The molecule has 0 aliphatic heterocycles. The Labute approximate surface area is 372 Å². The molecule has 63 heavy (non-hydrogen) atoms. The molecule has 0 aromatic heterocycles. The summed E-state index contributed by atoms with van der Waals surface area (Å²) in [5, 5.41) is 0. The van der Waals surface area contributed by atoms with Crippen molar-refractivity contribution in [2.45, 2.75) is 50.4 Å². The zero-order chi connectivity index (χ0) is 42.1. The van der Waals surface area contributed by atoms with Crippen molar-refractivity contribution in [3.05, 3.63) is 235 Å². The molecule has 0 N–H and O–H groups in total. The Balaban J connectivity index is 1.07. The number of fused-ring (bicyclic) bond motifs is 8. The Kier molecular flexibility index (Phi) is 8.76.